The summed E-state index contributed by atoms with van der Waals surface area (Å²) in [5.41, 5.74) is 1.78. The third-order valence-electron chi connectivity index (χ3n) is 5.35. The molecule has 1 saturated heterocycles. The third-order valence-corrected chi connectivity index (χ3v) is 5.35. The monoisotopic (exact) mass is 404 g/mol. The first-order chi connectivity index (χ1) is 14.0. The second-order valence-corrected chi connectivity index (χ2v) is 7.38. The Morgan fingerprint density at radius 2 is 2.07 bits per heavy atom. The van der Waals surface area contributed by atoms with E-state index in [9.17, 15) is 13.2 Å². The number of nitrogens with zero attached hydrogens (tertiary/aromatic N) is 4. The number of fused-ring (bicyclic) bond motifs is 1. The van der Waals surface area contributed by atoms with E-state index in [0.29, 0.717) is 25.3 Å². The van der Waals surface area contributed by atoms with Crippen molar-refractivity contribution in [3.63, 3.8) is 0 Å². The molecule has 2 aromatic heterocycles. The molecule has 8 heteroatoms. The van der Waals surface area contributed by atoms with E-state index in [0.717, 1.165) is 42.6 Å². The van der Waals surface area contributed by atoms with Gasteiger partial charge in [0.2, 0.25) is 0 Å². The average Bonchev–Trinajstić information content (AvgIpc) is 3.30. The zero-order chi connectivity index (χ0) is 20.4. The number of hydrogen-bond donors (Lipinski definition) is 0. The lowest BCUT2D eigenvalue weighted by Gasteiger charge is -2.17. The fourth-order valence-corrected chi connectivity index (χ4v) is 3.98. The van der Waals surface area contributed by atoms with E-state index in [4.69, 9.17) is 9.72 Å². The smallest absolute Gasteiger partial charge is 0.383 e. The summed E-state index contributed by atoms with van der Waals surface area (Å²) >= 11 is 0. The summed E-state index contributed by atoms with van der Waals surface area (Å²) in [6.45, 7) is 3.31. The average molecular weight is 404 g/mol. The van der Waals surface area contributed by atoms with Crippen LogP contribution in [0, 0.1) is 0 Å². The lowest BCUT2D eigenvalue weighted by atomic mass is 10.1. The Kier molecular flexibility index (Phi) is 5.56. The van der Waals surface area contributed by atoms with Crippen LogP contribution in [0.4, 0.5) is 13.2 Å². The largest absolute Gasteiger partial charge is 0.416 e. The molecule has 3 aromatic rings. The zero-order valence-corrected chi connectivity index (χ0v) is 16.2. The van der Waals surface area contributed by atoms with Crippen LogP contribution >= 0.6 is 0 Å². The number of alkyl halides is 3. The first-order valence-electron chi connectivity index (χ1n) is 9.64. The molecule has 1 unspecified atom stereocenters. The van der Waals surface area contributed by atoms with Crippen molar-refractivity contribution in [1.29, 1.82) is 0 Å². The molecule has 1 aliphatic rings. The fraction of sp³-hybridized carbons (Fsp3) is 0.429. The highest BCUT2D eigenvalue weighted by Gasteiger charge is 2.31. The first-order valence-corrected chi connectivity index (χ1v) is 9.64. The lowest BCUT2D eigenvalue weighted by Crippen LogP contribution is -2.21. The molecule has 1 fully saturated rings. The van der Waals surface area contributed by atoms with Crippen molar-refractivity contribution in [2.45, 2.75) is 31.6 Å². The molecule has 0 radical (unpaired) electrons. The number of methoxy groups -OCH3 is 1. The van der Waals surface area contributed by atoms with E-state index in [1.807, 2.05) is 12.1 Å². The number of hydrogen-bond acceptors (Lipinski definition) is 4. The fourth-order valence-electron chi connectivity index (χ4n) is 3.98. The minimum absolute atomic E-state index is 0.215. The minimum Gasteiger partial charge on any atom is -0.383 e. The van der Waals surface area contributed by atoms with E-state index in [1.165, 1.54) is 12.1 Å². The Morgan fingerprint density at radius 1 is 1.21 bits per heavy atom. The van der Waals surface area contributed by atoms with Crippen LogP contribution in [0.5, 0.6) is 0 Å². The molecule has 3 heterocycles. The van der Waals surface area contributed by atoms with Crippen LogP contribution in [0.15, 0.2) is 42.6 Å². The van der Waals surface area contributed by atoms with Crippen molar-refractivity contribution < 1.29 is 17.9 Å². The maximum atomic E-state index is 13.0. The van der Waals surface area contributed by atoms with Crippen molar-refractivity contribution >= 4 is 11.2 Å². The molecular weight excluding hydrogens is 381 g/mol. The predicted molar refractivity (Wildman–Crippen MR) is 103 cm³/mol. The lowest BCUT2D eigenvalue weighted by molar-refractivity contribution is -0.137. The summed E-state index contributed by atoms with van der Waals surface area (Å²) in [6.07, 6.45) is -1.65. The van der Waals surface area contributed by atoms with Crippen molar-refractivity contribution in [3.05, 3.63) is 59.5 Å². The van der Waals surface area contributed by atoms with Crippen LogP contribution in [0.2, 0.25) is 0 Å². The summed E-state index contributed by atoms with van der Waals surface area (Å²) in [4.78, 5) is 11.5. The number of likely N-dealkylation sites (tertiary alicyclic amines) is 1. The molecule has 0 saturated carbocycles. The van der Waals surface area contributed by atoms with Gasteiger partial charge in [0, 0.05) is 38.9 Å². The Balaban J connectivity index is 1.52. The van der Waals surface area contributed by atoms with Gasteiger partial charge < -0.3 is 9.30 Å². The van der Waals surface area contributed by atoms with E-state index >= 15 is 0 Å². The van der Waals surface area contributed by atoms with Gasteiger partial charge in [0.25, 0.3) is 0 Å². The number of pyridine rings is 1. The molecule has 1 aliphatic heterocycles. The second-order valence-electron chi connectivity index (χ2n) is 7.38. The molecule has 5 nitrogen and oxygen atoms in total. The molecule has 29 heavy (non-hydrogen) atoms. The molecule has 0 spiro atoms. The quantitative estimate of drug-likeness (QED) is 0.621. The molecule has 0 N–H and O–H groups in total. The molecule has 1 atom stereocenters. The molecule has 1 aromatic carbocycles. The van der Waals surface area contributed by atoms with Crippen LogP contribution < -0.4 is 0 Å². The first kappa shape index (κ1) is 19.8. The van der Waals surface area contributed by atoms with Gasteiger partial charge in [-0.15, -0.1) is 0 Å². The van der Waals surface area contributed by atoms with E-state index in [1.54, 1.807) is 19.4 Å². The summed E-state index contributed by atoms with van der Waals surface area (Å²) in [7, 11) is 1.67. The minimum atomic E-state index is -4.32. The van der Waals surface area contributed by atoms with Crippen LogP contribution in [0.25, 0.3) is 11.2 Å². The summed E-state index contributed by atoms with van der Waals surface area (Å²) in [5.74, 6) is 1.19. The van der Waals surface area contributed by atoms with Gasteiger partial charge in [-0.25, -0.2) is 9.97 Å². The highest BCUT2D eigenvalue weighted by atomic mass is 19.4. The van der Waals surface area contributed by atoms with Crippen molar-refractivity contribution in [1.82, 2.24) is 19.4 Å². The van der Waals surface area contributed by atoms with Gasteiger partial charge in [-0.05, 0) is 36.7 Å². The highest BCUT2D eigenvalue weighted by Crippen LogP contribution is 2.32. The second kappa shape index (κ2) is 8.12. The molecule has 0 amide bonds. The maximum absolute atomic E-state index is 13.0. The number of rotatable bonds is 6. The Morgan fingerprint density at radius 3 is 2.86 bits per heavy atom. The van der Waals surface area contributed by atoms with Crippen LogP contribution in [-0.2, 0) is 24.0 Å². The van der Waals surface area contributed by atoms with E-state index < -0.39 is 11.7 Å². The molecule has 4 rings (SSSR count). The van der Waals surface area contributed by atoms with Gasteiger partial charge in [0.15, 0.2) is 5.65 Å². The van der Waals surface area contributed by atoms with E-state index in [-0.39, 0.29) is 5.92 Å². The van der Waals surface area contributed by atoms with Crippen LogP contribution in [0.3, 0.4) is 0 Å². The normalized spacial score (nSPS) is 18.0. The summed E-state index contributed by atoms with van der Waals surface area (Å²) in [6, 6.07) is 9.40. The number of benzene rings is 1. The van der Waals surface area contributed by atoms with E-state index in [2.05, 4.69) is 14.5 Å². The predicted octanol–water partition coefficient (Wildman–Crippen LogP) is 4.09. The maximum Gasteiger partial charge on any atom is 0.416 e. The topological polar surface area (TPSA) is 43.2 Å². The molecule has 154 valence electrons. The third kappa shape index (κ3) is 4.28. The Hall–Kier alpha value is -2.45. The standard InChI is InChI=1S/C21H23F3N4O/c1-29-11-10-28-19(26-18-6-3-8-25-20(18)28)16-7-9-27(14-16)13-15-4-2-5-17(12-15)21(22,23)24/h2-6,8,12,16H,7,9-11,13-14H2,1H3. The Labute approximate surface area is 167 Å². The molecular formula is C21H23F3N4O. The highest BCUT2D eigenvalue weighted by molar-refractivity contribution is 5.71. The van der Waals surface area contributed by atoms with Gasteiger partial charge in [-0.3, -0.25) is 4.90 Å². The number of halogens is 3. The number of aromatic nitrogens is 3. The molecule has 0 bridgehead atoms. The number of imidazole rings is 1. The summed E-state index contributed by atoms with van der Waals surface area (Å²) in [5, 5.41) is 0. The van der Waals surface area contributed by atoms with Gasteiger partial charge in [0.1, 0.15) is 11.3 Å². The van der Waals surface area contributed by atoms with Gasteiger partial charge in [0.05, 0.1) is 12.2 Å². The Bertz CT molecular complexity index is 985. The van der Waals surface area contributed by atoms with Crippen molar-refractivity contribution in [2.24, 2.45) is 0 Å². The molecule has 0 aliphatic carbocycles. The van der Waals surface area contributed by atoms with Gasteiger partial charge in [-0.2, -0.15) is 13.2 Å². The summed E-state index contributed by atoms with van der Waals surface area (Å²) < 4.78 is 46.3. The van der Waals surface area contributed by atoms with Crippen molar-refractivity contribution in [2.75, 3.05) is 26.8 Å². The van der Waals surface area contributed by atoms with Crippen molar-refractivity contribution in [3.8, 4) is 0 Å². The SMILES string of the molecule is COCCn1c(C2CCN(Cc3cccc(C(F)(F)F)c3)C2)nc2cccnc21. The van der Waals surface area contributed by atoms with Crippen LogP contribution in [-0.4, -0.2) is 46.2 Å². The zero-order valence-electron chi connectivity index (χ0n) is 16.2. The van der Waals surface area contributed by atoms with Gasteiger partial charge in [-0.1, -0.05) is 18.2 Å². The number of ether oxygens (including phenoxy) is 1. The van der Waals surface area contributed by atoms with Gasteiger partial charge >= 0.3 is 6.18 Å². The van der Waals surface area contributed by atoms with Crippen LogP contribution in [0.1, 0.15) is 29.3 Å².